The van der Waals surface area contributed by atoms with Crippen LogP contribution < -0.4 is 5.56 Å². The summed E-state index contributed by atoms with van der Waals surface area (Å²) in [4.78, 5) is 24.9. The lowest BCUT2D eigenvalue weighted by Crippen LogP contribution is -2.14. The Hall–Kier alpha value is -2.55. The molecule has 1 saturated heterocycles. The third kappa shape index (κ3) is 2.29. The summed E-state index contributed by atoms with van der Waals surface area (Å²) in [6.45, 7) is 3.19. The average Bonchev–Trinajstić information content (AvgIpc) is 3.17. The summed E-state index contributed by atoms with van der Waals surface area (Å²) >= 11 is 0. The minimum atomic E-state index is -0.178. The smallest absolute Gasteiger partial charge is 0.274 e. The maximum Gasteiger partial charge on any atom is 0.274 e. The van der Waals surface area contributed by atoms with Gasteiger partial charge in [-0.25, -0.2) is 9.97 Å². The molecule has 3 aromatic heterocycles. The van der Waals surface area contributed by atoms with Crippen LogP contribution in [-0.2, 0) is 11.2 Å². The van der Waals surface area contributed by atoms with Crippen molar-refractivity contribution in [3.63, 3.8) is 0 Å². The van der Waals surface area contributed by atoms with E-state index >= 15 is 0 Å². The van der Waals surface area contributed by atoms with E-state index < -0.39 is 0 Å². The summed E-state index contributed by atoms with van der Waals surface area (Å²) < 4.78 is 6.67. The number of aryl methyl sites for hydroxylation is 1. The molecule has 0 spiro atoms. The minimum Gasteiger partial charge on any atom is -0.381 e. The van der Waals surface area contributed by atoms with E-state index in [1.807, 2.05) is 0 Å². The first-order valence-corrected chi connectivity index (χ1v) is 7.13. The summed E-state index contributed by atoms with van der Waals surface area (Å²) in [5, 5.41) is 10.1. The number of fused-ring (bicyclic) bond motifs is 1. The fourth-order valence-electron chi connectivity index (χ4n) is 2.58. The highest BCUT2D eigenvalue weighted by molar-refractivity contribution is 5.28. The second kappa shape index (κ2) is 5.02. The average molecular weight is 301 g/mol. The van der Waals surface area contributed by atoms with Crippen molar-refractivity contribution in [2.24, 2.45) is 0 Å². The van der Waals surface area contributed by atoms with Crippen molar-refractivity contribution in [1.29, 1.82) is 0 Å². The molecule has 1 fully saturated rings. The third-order valence-electron chi connectivity index (χ3n) is 3.68. The summed E-state index contributed by atoms with van der Waals surface area (Å²) in [6.07, 6.45) is 1.38. The van der Waals surface area contributed by atoms with Gasteiger partial charge in [0.2, 0.25) is 0 Å². The lowest BCUT2D eigenvalue weighted by atomic mass is 10.1. The van der Waals surface area contributed by atoms with Gasteiger partial charge in [-0.15, -0.1) is 0 Å². The summed E-state index contributed by atoms with van der Waals surface area (Å²) in [5.74, 6) is 2.71. The number of nitrogens with zero attached hydrogens (tertiary/aromatic N) is 5. The molecule has 0 aromatic carbocycles. The SMILES string of the molecule is Cc1cc(=O)n2[nH]c(Cc3nc(C4CCOC4)n[nH]3)nc2n1. The normalized spacial score (nSPS) is 18.3. The molecule has 9 nitrogen and oxygen atoms in total. The first kappa shape index (κ1) is 13.1. The zero-order valence-electron chi connectivity index (χ0n) is 12.0. The molecular formula is C13H15N7O2. The summed E-state index contributed by atoms with van der Waals surface area (Å²) in [7, 11) is 0. The Labute approximate surface area is 124 Å². The van der Waals surface area contributed by atoms with Crippen LogP contribution in [0.15, 0.2) is 10.9 Å². The Balaban J connectivity index is 1.60. The number of rotatable bonds is 3. The third-order valence-corrected chi connectivity index (χ3v) is 3.68. The fourth-order valence-corrected chi connectivity index (χ4v) is 2.58. The van der Waals surface area contributed by atoms with Crippen molar-refractivity contribution in [2.75, 3.05) is 13.2 Å². The highest BCUT2D eigenvalue weighted by Crippen LogP contribution is 2.21. The fraction of sp³-hybridized carbons (Fsp3) is 0.462. The molecule has 2 N–H and O–H groups in total. The second-order valence-corrected chi connectivity index (χ2v) is 5.42. The number of nitrogens with one attached hydrogen (secondary N) is 2. The number of ether oxygens (including phenoxy) is 1. The minimum absolute atomic E-state index is 0.178. The number of aromatic nitrogens is 7. The van der Waals surface area contributed by atoms with Crippen LogP contribution in [0.2, 0.25) is 0 Å². The van der Waals surface area contributed by atoms with Crippen LogP contribution in [0.3, 0.4) is 0 Å². The van der Waals surface area contributed by atoms with Crippen LogP contribution in [0.25, 0.3) is 5.78 Å². The molecule has 0 radical (unpaired) electrons. The zero-order chi connectivity index (χ0) is 15.1. The predicted octanol–water partition coefficient (Wildman–Crippen LogP) is -0.0612. The lowest BCUT2D eigenvalue weighted by Gasteiger charge is -1.98. The summed E-state index contributed by atoms with van der Waals surface area (Å²) in [6, 6.07) is 1.46. The largest absolute Gasteiger partial charge is 0.381 e. The number of aromatic amines is 2. The van der Waals surface area contributed by atoms with Crippen LogP contribution in [0, 0.1) is 6.92 Å². The van der Waals surface area contributed by atoms with E-state index in [2.05, 4.69) is 30.2 Å². The molecule has 0 aliphatic carbocycles. The van der Waals surface area contributed by atoms with Gasteiger partial charge in [-0.2, -0.15) is 14.6 Å². The number of hydrogen-bond donors (Lipinski definition) is 2. The van der Waals surface area contributed by atoms with Crippen LogP contribution >= 0.6 is 0 Å². The molecule has 9 heteroatoms. The molecule has 114 valence electrons. The van der Waals surface area contributed by atoms with Crippen molar-refractivity contribution in [3.05, 3.63) is 39.6 Å². The van der Waals surface area contributed by atoms with Gasteiger partial charge in [-0.3, -0.25) is 15.0 Å². The molecular weight excluding hydrogens is 286 g/mol. The van der Waals surface area contributed by atoms with Crippen LogP contribution in [0.5, 0.6) is 0 Å². The summed E-state index contributed by atoms with van der Waals surface area (Å²) in [5.41, 5.74) is 0.467. The molecule has 0 saturated carbocycles. The Morgan fingerprint density at radius 2 is 2.27 bits per heavy atom. The Morgan fingerprint density at radius 1 is 1.36 bits per heavy atom. The van der Waals surface area contributed by atoms with Crippen molar-refractivity contribution in [1.82, 2.24) is 34.8 Å². The molecule has 22 heavy (non-hydrogen) atoms. The zero-order valence-corrected chi connectivity index (χ0v) is 12.0. The Bertz CT molecular complexity index is 872. The van der Waals surface area contributed by atoms with Gasteiger partial charge < -0.3 is 4.74 Å². The second-order valence-electron chi connectivity index (χ2n) is 5.42. The molecule has 1 unspecified atom stereocenters. The van der Waals surface area contributed by atoms with E-state index in [4.69, 9.17) is 4.74 Å². The standard InChI is InChI=1S/C13H15N7O2/c1-7-4-11(21)20-13(14-7)16-10(19-20)5-9-15-12(18-17-9)8-2-3-22-6-8/h4,8H,2-3,5-6H2,1H3,(H,14,16,19)(H,15,17,18). The van der Waals surface area contributed by atoms with Gasteiger partial charge >= 0.3 is 0 Å². The maximum atomic E-state index is 11.8. The van der Waals surface area contributed by atoms with Crippen molar-refractivity contribution in [3.8, 4) is 0 Å². The first-order chi connectivity index (χ1) is 10.7. The molecule has 4 rings (SSSR count). The van der Waals surface area contributed by atoms with Crippen LogP contribution in [0.4, 0.5) is 0 Å². The quantitative estimate of drug-likeness (QED) is 0.700. The number of hydrogen-bond acceptors (Lipinski definition) is 6. The molecule has 4 heterocycles. The van der Waals surface area contributed by atoms with Crippen LogP contribution in [0.1, 0.15) is 35.5 Å². The van der Waals surface area contributed by atoms with Crippen molar-refractivity contribution in [2.45, 2.75) is 25.7 Å². The topological polar surface area (TPSA) is 114 Å². The molecule has 0 bridgehead atoms. The molecule has 0 amide bonds. The van der Waals surface area contributed by atoms with Crippen molar-refractivity contribution < 1.29 is 4.74 Å². The van der Waals surface area contributed by atoms with E-state index in [0.29, 0.717) is 36.1 Å². The number of H-pyrrole nitrogens is 2. The van der Waals surface area contributed by atoms with E-state index in [1.54, 1.807) is 6.92 Å². The Morgan fingerprint density at radius 3 is 3.09 bits per heavy atom. The first-order valence-electron chi connectivity index (χ1n) is 7.13. The molecule has 3 aromatic rings. The maximum absolute atomic E-state index is 11.8. The highest BCUT2D eigenvalue weighted by Gasteiger charge is 2.22. The van der Waals surface area contributed by atoms with Gasteiger partial charge in [0.1, 0.15) is 11.6 Å². The van der Waals surface area contributed by atoms with Gasteiger partial charge in [0.25, 0.3) is 11.3 Å². The predicted molar refractivity (Wildman–Crippen MR) is 75.7 cm³/mol. The Kier molecular flexibility index (Phi) is 3.00. The monoisotopic (exact) mass is 301 g/mol. The highest BCUT2D eigenvalue weighted by atomic mass is 16.5. The molecule has 1 atom stereocenters. The van der Waals surface area contributed by atoms with E-state index in [9.17, 15) is 4.79 Å². The van der Waals surface area contributed by atoms with Gasteiger partial charge in [-0.1, -0.05) is 0 Å². The van der Waals surface area contributed by atoms with Gasteiger partial charge in [-0.05, 0) is 13.3 Å². The molecule has 1 aliphatic heterocycles. The van der Waals surface area contributed by atoms with E-state index in [1.165, 1.54) is 10.6 Å². The lowest BCUT2D eigenvalue weighted by molar-refractivity contribution is 0.193. The van der Waals surface area contributed by atoms with E-state index in [-0.39, 0.29) is 11.5 Å². The van der Waals surface area contributed by atoms with Gasteiger partial charge in [0.05, 0.1) is 13.0 Å². The van der Waals surface area contributed by atoms with Gasteiger partial charge in [0, 0.05) is 24.3 Å². The van der Waals surface area contributed by atoms with Crippen LogP contribution in [-0.4, -0.2) is 48.0 Å². The van der Waals surface area contributed by atoms with Crippen molar-refractivity contribution >= 4 is 5.78 Å². The van der Waals surface area contributed by atoms with E-state index in [0.717, 1.165) is 18.9 Å². The van der Waals surface area contributed by atoms with Gasteiger partial charge in [0.15, 0.2) is 5.82 Å². The molecule has 1 aliphatic rings.